The predicted octanol–water partition coefficient (Wildman–Crippen LogP) is 2.91. The lowest BCUT2D eigenvalue weighted by molar-refractivity contribution is 0.0316. The highest BCUT2D eigenvalue weighted by Crippen LogP contribution is 2.23. The molecule has 0 saturated carbocycles. The van der Waals surface area contributed by atoms with Gasteiger partial charge in [-0.25, -0.2) is 0 Å². The van der Waals surface area contributed by atoms with Crippen LogP contribution in [0.4, 0.5) is 0 Å². The highest BCUT2D eigenvalue weighted by molar-refractivity contribution is 5.53. The number of rotatable bonds is 8. The molecule has 0 aliphatic carbocycles. The molecule has 0 bridgehead atoms. The lowest BCUT2D eigenvalue weighted by Crippen LogP contribution is -2.37. The van der Waals surface area contributed by atoms with Crippen molar-refractivity contribution in [1.29, 1.82) is 0 Å². The Hall–Kier alpha value is -1.96. The van der Waals surface area contributed by atoms with Gasteiger partial charge in [-0.2, -0.15) is 0 Å². The summed E-state index contributed by atoms with van der Waals surface area (Å²) < 4.78 is 22.8. The van der Waals surface area contributed by atoms with E-state index >= 15 is 0 Å². The summed E-state index contributed by atoms with van der Waals surface area (Å²) in [6.07, 6.45) is 5.08. The normalized spacial score (nSPS) is 22.6. The molecule has 0 amide bonds. The first-order valence-corrected chi connectivity index (χ1v) is 9.72. The summed E-state index contributed by atoms with van der Waals surface area (Å²) in [5.41, 5.74) is 0.888. The minimum Gasteiger partial charge on any atom is -0.497 e. The van der Waals surface area contributed by atoms with Gasteiger partial charge in [-0.3, -0.25) is 4.90 Å². The molecule has 3 heterocycles. The molecule has 2 saturated heterocycles. The average molecular weight is 373 g/mol. The smallest absolute Gasteiger partial charge is 0.247 e. The Bertz CT molecular complexity index is 688. The first kappa shape index (κ1) is 18.4. The SMILES string of the molecule is COc1ccc(-c2nnc(CN(C[C@@H]3CCCO3)C[C@@H]3CCCO3)o2)cc1. The van der Waals surface area contributed by atoms with Gasteiger partial charge in [0.05, 0.1) is 25.9 Å². The zero-order valence-corrected chi connectivity index (χ0v) is 15.8. The van der Waals surface area contributed by atoms with Crippen molar-refractivity contribution in [3.05, 3.63) is 30.2 Å². The third kappa shape index (κ3) is 4.86. The van der Waals surface area contributed by atoms with E-state index in [1.54, 1.807) is 7.11 Å². The molecule has 2 aromatic rings. The van der Waals surface area contributed by atoms with Gasteiger partial charge in [0.25, 0.3) is 0 Å². The van der Waals surface area contributed by atoms with Gasteiger partial charge in [0.1, 0.15) is 5.75 Å². The highest BCUT2D eigenvalue weighted by Gasteiger charge is 2.25. The van der Waals surface area contributed by atoms with Crippen LogP contribution in [0.15, 0.2) is 28.7 Å². The summed E-state index contributed by atoms with van der Waals surface area (Å²) in [6.45, 7) is 4.09. The third-order valence-corrected chi connectivity index (χ3v) is 5.13. The molecule has 7 nitrogen and oxygen atoms in total. The van der Waals surface area contributed by atoms with Crippen molar-refractivity contribution in [2.45, 2.75) is 44.4 Å². The Balaban J connectivity index is 1.42. The van der Waals surface area contributed by atoms with Gasteiger partial charge >= 0.3 is 0 Å². The van der Waals surface area contributed by atoms with Crippen LogP contribution in [-0.4, -0.2) is 60.7 Å². The van der Waals surface area contributed by atoms with E-state index in [1.807, 2.05) is 24.3 Å². The molecule has 2 aliphatic rings. The fourth-order valence-corrected chi connectivity index (χ4v) is 3.72. The van der Waals surface area contributed by atoms with E-state index in [-0.39, 0.29) is 12.2 Å². The largest absolute Gasteiger partial charge is 0.497 e. The minimum absolute atomic E-state index is 0.287. The second-order valence-electron chi connectivity index (χ2n) is 7.19. The number of aromatic nitrogens is 2. The van der Waals surface area contributed by atoms with Crippen molar-refractivity contribution in [3.8, 4) is 17.2 Å². The van der Waals surface area contributed by atoms with Gasteiger partial charge in [0.2, 0.25) is 11.8 Å². The molecule has 4 rings (SSSR count). The summed E-state index contributed by atoms with van der Waals surface area (Å²) in [5.74, 6) is 1.96. The third-order valence-electron chi connectivity index (χ3n) is 5.13. The van der Waals surface area contributed by atoms with E-state index in [0.717, 1.165) is 63.3 Å². The highest BCUT2D eigenvalue weighted by atomic mass is 16.5. The number of benzene rings is 1. The fraction of sp³-hybridized carbons (Fsp3) is 0.600. The Labute approximate surface area is 159 Å². The van der Waals surface area contributed by atoms with Gasteiger partial charge in [0.15, 0.2) is 0 Å². The van der Waals surface area contributed by atoms with E-state index in [9.17, 15) is 0 Å². The number of methoxy groups -OCH3 is 1. The van der Waals surface area contributed by atoms with Gasteiger partial charge in [-0.1, -0.05) is 0 Å². The van der Waals surface area contributed by atoms with Gasteiger partial charge in [0, 0.05) is 31.9 Å². The zero-order valence-electron chi connectivity index (χ0n) is 15.8. The molecule has 2 fully saturated rings. The van der Waals surface area contributed by atoms with Crippen molar-refractivity contribution >= 4 is 0 Å². The van der Waals surface area contributed by atoms with Crippen LogP contribution in [0.3, 0.4) is 0 Å². The number of hydrogen-bond donors (Lipinski definition) is 0. The second-order valence-corrected chi connectivity index (χ2v) is 7.19. The maximum absolute atomic E-state index is 5.92. The van der Waals surface area contributed by atoms with Crippen LogP contribution in [0.5, 0.6) is 5.75 Å². The lowest BCUT2D eigenvalue weighted by Gasteiger charge is -2.26. The Kier molecular flexibility index (Phi) is 6.01. The standard InChI is InChI=1S/C20H27N3O4/c1-24-16-8-6-15(7-9-16)20-22-21-19(27-20)14-23(12-17-4-2-10-25-17)13-18-5-3-11-26-18/h6-9,17-18H,2-5,10-14H2,1H3/t17-,18-/m0/s1. The zero-order chi connectivity index (χ0) is 18.5. The van der Waals surface area contributed by atoms with Gasteiger partial charge < -0.3 is 18.6 Å². The van der Waals surface area contributed by atoms with Crippen molar-refractivity contribution < 1.29 is 18.6 Å². The first-order valence-electron chi connectivity index (χ1n) is 9.72. The van der Waals surface area contributed by atoms with Crippen molar-refractivity contribution in [3.63, 3.8) is 0 Å². The van der Waals surface area contributed by atoms with Crippen LogP contribution in [0.25, 0.3) is 11.5 Å². The molecule has 7 heteroatoms. The average Bonchev–Trinajstić information content (AvgIpc) is 3.45. The van der Waals surface area contributed by atoms with Gasteiger partial charge in [-0.05, 0) is 49.9 Å². The van der Waals surface area contributed by atoms with Crippen LogP contribution >= 0.6 is 0 Å². The quantitative estimate of drug-likeness (QED) is 0.704. The molecular formula is C20H27N3O4. The Morgan fingerprint density at radius 1 is 1.00 bits per heavy atom. The number of nitrogens with zero attached hydrogens (tertiary/aromatic N) is 3. The van der Waals surface area contributed by atoms with E-state index in [1.165, 1.54) is 0 Å². The molecule has 2 aliphatic heterocycles. The first-order chi connectivity index (χ1) is 13.3. The van der Waals surface area contributed by atoms with Gasteiger partial charge in [-0.15, -0.1) is 10.2 Å². The number of ether oxygens (including phenoxy) is 3. The van der Waals surface area contributed by atoms with E-state index in [0.29, 0.717) is 18.3 Å². The van der Waals surface area contributed by atoms with Crippen LogP contribution in [0, 0.1) is 0 Å². The lowest BCUT2D eigenvalue weighted by atomic mass is 10.2. The molecule has 0 unspecified atom stereocenters. The van der Waals surface area contributed by atoms with Crippen LogP contribution < -0.4 is 4.74 Å². The molecule has 0 N–H and O–H groups in total. The van der Waals surface area contributed by atoms with Crippen LogP contribution in [-0.2, 0) is 16.0 Å². The molecule has 27 heavy (non-hydrogen) atoms. The van der Waals surface area contributed by atoms with E-state index in [4.69, 9.17) is 18.6 Å². The van der Waals surface area contributed by atoms with Crippen LogP contribution in [0.2, 0.25) is 0 Å². The van der Waals surface area contributed by atoms with E-state index in [2.05, 4.69) is 15.1 Å². The Morgan fingerprint density at radius 3 is 2.22 bits per heavy atom. The summed E-state index contributed by atoms with van der Waals surface area (Å²) in [7, 11) is 1.65. The van der Waals surface area contributed by atoms with E-state index < -0.39 is 0 Å². The topological polar surface area (TPSA) is 69.9 Å². The predicted molar refractivity (Wildman–Crippen MR) is 99.5 cm³/mol. The molecule has 0 spiro atoms. The Morgan fingerprint density at radius 2 is 1.67 bits per heavy atom. The second kappa shape index (κ2) is 8.82. The summed E-state index contributed by atoms with van der Waals surface area (Å²) in [6, 6.07) is 7.63. The monoisotopic (exact) mass is 373 g/mol. The molecule has 0 radical (unpaired) electrons. The van der Waals surface area contributed by atoms with Crippen molar-refractivity contribution in [2.75, 3.05) is 33.4 Å². The van der Waals surface area contributed by atoms with Crippen LogP contribution in [0.1, 0.15) is 31.6 Å². The summed E-state index contributed by atoms with van der Waals surface area (Å²) in [4.78, 5) is 2.33. The fourth-order valence-electron chi connectivity index (χ4n) is 3.72. The molecule has 1 aromatic carbocycles. The van der Waals surface area contributed by atoms with Crippen molar-refractivity contribution in [2.24, 2.45) is 0 Å². The summed E-state index contributed by atoms with van der Waals surface area (Å²) >= 11 is 0. The molecular weight excluding hydrogens is 346 g/mol. The maximum Gasteiger partial charge on any atom is 0.247 e. The number of hydrogen-bond acceptors (Lipinski definition) is 7. The van der Waals surface area contributed by atoms with Crippen molar-refractivity contribution in [1.82, 2.24) is 15.1 Å². The maximum atomic E-state index is 5.92. The molecule has 1 aromatic heterocycles. The molecule has 146 valence electrons. The minimum atomic E-state index is 0.287. The summed E-state index contributed by atoms with van der Waals surface area (Å²) in [5, 5.41) is 8.46. The molecule has 2 atom stereocenters.